The molecule has 2 unspecified atom stereocenters. The van der Waals surface area contributed by atoms with E-state index in [-0.39, 0.29) is 11.8 Å². The number of carbonyl (C=O) groups excluding carboxylic acids is 1. The molecule has 2 rings (SSSR count). The second kappa shape index (κ2) is 5.22. The zero-order valence-electron chi connectivity index (χ0n) is 10.6. The molecule has 0 saturated carbocycles. The minimum atomic E-state index is -0.225. The molecule has 1 aromatic rings. The van der Waals surface area contributed by atoms with Crippen LogP contribution in [0.3, 0.4) is 0 Å². The predicted molar refractivity (Wildman–Crippen MR) is 73.2 cm³/mol. The molecule has 1 aliphatic rings. The van der Waals surface area contributed by atoms with Crippen molar-refractivity contribution in [1.82, 2.24) is 9.97 Å². The normalized spacial score (nSPS) is 24.1. The first-order chi connectivity index (χ1) is 8.47. The van der Waals surface area contributed by atoms with Gasteiger partial charge in [0.05, 0.1) is 5.92 Å². The molecule has 0 radical (unpaired) electrons. The SMILES string of the molecule is Cc1nc(Br)cc(N2CC(C(N)=O)CCC2C)n1. The number of aromatic nitrogens is 2. The Kier molecular flexibility index (Phi) is 3.85. The summed E-state index contributed by atoms with van der Waals surface area (Å²) in [6.45, 7) is 4.64. The van der Waals surface area contributed by atoms with E-state index in [0.29, 0.717) is 18.4 Å². The van der Waals surface area contributed by atoms with E-state index in [9.17, 15) is 4.79 Å². The Balaban J connectivity index is 2.26. The standard InChI is InChI=1S/C12H17BrN4O/c1-7-3-4-9(12(14)18)6-17(7)11-5-10(13)15-8(2)16-11/h5,7,9H,3-4,6H2,1-2H3,(H2,14,18). The first-order valence-corrected chi connectivity index (χ1v) is 6.84. The van der Waals surface area contributed by atoms with Crippen LogP contribution < -0.4 is 10.6 Å². The fourth-order valence-electron chi connectivity index (χ4n) is 2.32. The molecule has 1 saturated heterocycles. The number of carbonyl (C=O) groups is 1. The Hall–Kier alpha value is -1.17. The van der Waals surface area contributed by atoms with Crippen molar-refractivity contribution >= 4 is 27.7 Å². The third-order valence-electron chi connectivity index (χ3n) is 3.37. The molecular weight excluding hydrogens is 296 g/mol. The van der Waals surface area contributed by atoms with Gasteiger partial charge in [-0.25, -0.2) is 9.97 Å². The molecule has 1 amide bonds. The number of aryl methyl sites for hydroxylation is 1. The van der Waals surface area contributed by atoms with Gasteiger partial charge in [-0.1, -0.05) is 0 Å². The highest BCUT2D eigenvalue weighted by Gasteiger charge is 2.29. The van der Waals surface area contributed by atoms with Crippen molar-refractivity contribution in [3.05, 3.63) is 16.5 Å². The number of amides is 1. The van der Waals surface area contributed by atoms with Gasteiger partial charge in [0.1, 0.15) is 16.2 Å². The van der Waals surface area contributed by atoms with Crippen LogP contribution in [0.5, 0.6) is 0 Å². The third-order valence-corrected chi connectivity index (χ3v) is 3.78. The first-order valence-electron chi connectivity index (χ1n) is 6.04. The zero-order valence-corrected chi connectivity index (χ0v) is 12.1. The summed E-state index contributed by atoms with van der Waals surface area (Å²) < 4.78 is 0.762. The molecular formula is C12H17BrN4O. The van der Waals surface area contributed by atoms with E-state index in [0.717, 1.165) is 23.3 Å². The number of hydrogen-bond acceptors (Lipinski definition) is 4. The van der Waals surface area contributed by atoms with E-state index in [4.69, 9.17) is 5.73 Å². The molecule has 0 aliphatic carbocycles. The summed E-state index contributed by atoms with van der Waals surface area (Å²) in [5.74, 6) is 1.26. The number of piperidine rings is 1. The molecule has 1 fully saturated rings. The van der Waals surface area contributed by atoms with E-state index in [2.05, 4.69) is 37.7 Å². The van der Waals surface area contributed by atoms with Gasteiger partial charge in [0.2, 0.25) is 5.91 Å². The Labute approximate surface area is 115 Å². The molecule has 98 valence electrons. The number of primary amides is 1. The number of rotatable bonds is 2. The molecule has 18 heavy (non-hydrogen) atoms. The van der Waals surface area contributed by atoms with Gasteiger partial charge in [-0.15, -0.1) is 0 Å². The molecule has 1 aromatic heterocycles. The van der Waals surface area contributed by atoms with Gasteiger partial charge in [-0.2, -0.15) is 0 Å². The van der Waals surface area contributed by atoms with E-state index in [1.165, 1.54) is 0 Å². The number of nitrogens with two attached hydrogens (primary N) is 1. The second-order valence-electron chi connectivity index (χ2n) is 4.77. The number of hydrogen-bond donors (Lipinski definition) is 1. The summed E-state index contributed by atoms with van der Waals surface area (Å²) in [5.41, 5.74) is 5.41. The van der Waals surface area contributed by atoms with Gasteiger partial charge in [0, 0.05) is 18.7 Å². The van der Waals surface area contributed by atoms with Gasteiger partial charge in [-0.05, 0) is 42.6 Å². The fraction of sp³-hybridized carbons (Fsp3) is 0.583. The van der Waals surface area contributed by atoms with Crippen LogP contribution in [0.4, 0.5) is 5.82 Å². The Morgan fingerprint density at radius 1 is 1.50 bits per heavy atom. The summed E-state index contributed by atoms with van der Waals surface area (Å²) >= 11 is 3.37. The lowest BCUT2D eigenvalue weighted by molar-refractivity contribution is -0.122. The minimum absolute atomic E-state index is 0.0877. The minimum Gasteiger partial charge on any atom is -0.369 e. The fourth-order valence-corrected chi connectivity index (χ4v) is 2.78. The maximum atomic E-state index is 11.3. The van der Waals surface area contributed by atoms with Gasteiger partial charge < -0.3 is 10.6 Å². The molecule has 2 heterocycles. The summed E-state index contributed by atoms with van der Waals surface area (Å²) in [6.07, 6.45) is 1.81. The van der Waals surface area contributed by atoms with Gasteiger partial charge >= 0.3 is 0 Å². The summed E-state index contributed by atoms with van der Waals surface area (Å²) in [5, 5.41) is 0. The van der Waals surface area contributed by atoms with Crippen molar-refractivity contribution in [2.75, 3.05) is 11.4 Å². The van der Waals surface area contributed by atoms with Crippen molar-refractivity contribution in [1.29, 1.82) is 0 Å². The van der Waals surface area contributed by atoms with Crippen molar-refractivity contribution in [2.24, 2.45) is 11.7 Å². The molecule has 5 nitrogen and oxygen atoms in total. The average Bonchev–Trinajstić information content (AvgIpc) is 2.27. The lowest BCUT2D eigenvalue weighted by Crippen LogP contribution is -2.46. The van der Waals surface area contributed by atoms with Gasteiger partial charge in [0.25, 0.3) is 0 Å². The lowest BCUT2D eigenvalue weighted by atomic mass is 9.93. The van der Waals surface area contributed by atoms with Crippen LogP contribution in [0.15, 0.2) is 10.7 Å². The summed E-state index contributed by atoms with van der Waals surface area (Å²) in [6, 6.07) is 2.24. The van der Waals surface area contributed by atoms with Crippen molar-refractivity contribution in [2.45, 2.75) is 32.7 Å². The number of anilines is 1. The molecule has 0 aromatic carbocycles. The van der Waals surface area contributed by atoms with Crippen molar-refractivity contribution in [3.63, 3.8) is 0 Å². The monoisotopic (exact) mass is 312 g/mol. The van der Waals surface area contributed by atoms with Crippen LogP contribution in [0, 0.1) is 12.8 Å². The first kappa shape index (κ1) is 13.3. The average molecular weight is 313 g/mol. The maximum absolute atomic E-state index is 11.3. The molecule has 6 heteroatoms. The zero-order chi connectivity index (χ0) is 13.3. The van der Waals surface area contributed by atoms with E-state index in [1.54, 1.807) is 0 Å². The van der Waals surface area contributed by atoms with E-state index < -0.39 is 0 Å². The van der Waals surface area contributed by atoms with Crippen molar-refractivity contribution in [3.8, 4) is 0 Å². The van der Waals surface area contributed by atoms with Crippen LogP contribution in [-0.4, -0.2) is 28.5 Å². The van der Waals surface area contributed by atoms with E-state index in [1.807, 2.05) is 13.0 Å². The Bertz CT molecular complexity index is 445. The number of nitrogens with zero attached hydrogens (tertiary/aromatic N) is 3. The van der Waals surface area contributed by atoms with Crippen LogP contribution in [0.1, 0.15) is 25.6 Å². The predicted octanol–water partition coefficient (Wildman–Crippen LogP) is 1.64. The highest BCUT2D eigenvalue weighted by molar-refractivity contribution is 9.10. The molecule has 1 aliphatic heterocycles. The van der Waals surface area contributed by atoms with Crippen molar-refractivity contribution < 1.29 is 4.79 Å². The largest absolute Gasteiger partial charge is 0.369 e. The summed E-state index contributed by atoms with van der Waals surface area (Å²) in [4.78, 5) is 22.1. The molecule has 0 spiro atoms. The topological polar surface area (TPSA) is 72.1 Å². The quantitative estimate of drug-likeness (QED) is 0.843. The van der Waals surface area contributed by atoms with Crippen LogP contribution in [0.2, 0.25) is 0 Å². The van der Waals surface area contributed by atoms with Gasteiger partial charge in [0.15, 0.2) is 0 Å². The van der Waals surface area contributed by atoms with E-state index >= 15 is 0 Å². The van der Waals surface area contributed by atoms with Crippen LogP contribution in [0.25, 0.3) is 0 Å². The highest BCUT2D eigenvalue weighted by Crippen LogP contribution is 2.27. The van der Waals surface area contributed by atoms with Crippen LogP contribution in [-0.2, 0) is 4.79 Å². The Morgan fingerprint density at radius 3 is 2.83 bits per heavy atom. The highest BCUT2D eigenvalue weighted by atomic mass is 79.9. The van der Waals surface area contributed by atoms with Gasteiger partial charge in [-0.3, -0.25) is 4.79 Å². The molecule has 0 bridgehead atoms. The Morgan fingerprint density at radius 2 is 2.22 bits per heavy atom. The smallest absolute Gasteiger partial charge is 0.222 e. The third kappa shape index (κ3) is 2.80. The lowest BCUT2D eigenvalue weighted by Gasteiger charge is -2.37. The van der Waals surface area contributed by atoms with Crippen LogP contribution >= 0.6 is 15.9 Å². The molecule has 2 atom stereocenters. The summed E-state index contributed by atoms with van der Waals surface area (Å²) in [7, 11) is 0. The maximum Gasteiger partial charge on any atom is 0.222 e. The molecule has 2 N–H and O–H groups in total. The number of halogens is 1. The second-order valence-corrected chi connectivity index (χ2v) is 5.59.